The van der Waals surface area contributed by atoms with Gasteiger partial charge in [0.1, 0.15) is 5.69 Å². The van der Waals surface area contributed by atoms with Gasteiger partial charge in [0, 0.05) is 31.4 Å². The summed E-state index contributed by atoms with van der Waals surface area (Å²) in [5, 5.41) is 11.2. The molecule has 0 spiro atoms. The second-order valence-corrected chi connectivity index (χ2v) is 5.87. The molecule has 1 aliphatic rings. The third-order valence-corrected chi connectivity index (χ3v) is 4.30. The molecule has 0 unspecified atom stereocenters. The average Bonchev–Trinajstić information content (AvgIpc) is 2.95. The van der Waals surface area contributed by atoms with Gasteiger partial charge in [-0.05, 0) is 31.9 Å². The van der Waals surface area contributed by atoms with E-state index < -0.39 is 4.92 Å². The van der Waals surface area contributed by atoms with Crippen molar-refractivity contribution in [1.82, 2.24) is 4.57 Å². The number of anilines is 1. The molecule has 124 valence electrons. The monoisotopic (exact) mass is 327 g/mol. The summed E-state index contributed by atoms with van der Waals surface area (Å²) < 4.78 is 1.62. The van der Waals surface area contributed by atoms with Gasteiger partial charge >= 0.3 is 0 Å². The number of hydrogen-bond acceptors (Lipinski definition) is 4. The maximum absolute atomic E-state index is 12.9. The Morgan fingerprint density at radius 3 is 2.67 bits per heavy atom. The fourth-order valence-corrected chi connectivity index (χ4v) is 3.10. The lowest BCUT2D eigenvalue weighted by Gasteiger charge is -2.29. The number of aryl methyl sites for hydroxylation is 1. The van der Waals surface area contributed by atoms with Gasteiger partial charge in [-0.25, -0.2) is 0 Å². The molecule has 1 amide bonds. The number of benzene rings is 1. The minimum absolute atomic E-state index is 0.0429. The molecular formula is C17H17N3O4. The van der Waals surface area contributed by atoms with Crippen LogP contribution in [0.4, 0.5) is 11.4 Å². The van der Waals surface area contributed by atoms with Crippen LogP contribution < -0.4 is 4.90 Å². The van der Waals surface area contributed by atoms with Crippen LogP contribution >= 0.6 is 0 Å². The summed E-state index contributed by atoms with van der Waals surface area (Å²) in [6.07, 6.45) is 2.85. The second-order valence-electron chi connectivity index (χ2n) is 5.87. The van der Waals surface area contributed by atoms with Crippen molar-refractivity contribution in [2.75, 3.05) is 11.4 Å². The van der Waals surface area contributed by atoms with E-state index in [9.17, 15) is 19.7 Å². The minimum Gasteiger partial charge on any atom is -0.346 e. The summed E-state index contributed by atoms with van der Waals surface area (Å²) in [6.45, 7) is 1.94. The summed E-state index contributed by atoms with van der Waals surface area (Å²) in [4.78, 5) is 36.8. The normalized spacial score (nSPS) is 13.5. The van der Waals surface area contributed by atoms with Crippen LogP contribution in [0.5, 0.6) is 0 Å². The Hall–Kier alpha value is -2.96. The average molecular weight is 327 g/mol. The molecule has 7 heteroatoms. The molecule has 1 aliphatic heterocycles. The van der Waals surface area contributed by atoms with Crippen molar-refractivity contribution < 1.29 is 14.5 Å². The van der Waals surface area contributed by atoms with Crippen LogP contribution in [-0.4, -0.2) is 27.7 Å². The zero-order valence-electron chi connectivity index (χ0n) is 13.5. The Bertz CT molecular complexity index is 854. The lowest BCUT2D eigenvalue weighted by Crippen LogP contribution is -2.36. The van der Waals surface area contributed by atoms with E-state index in [0.717, 1.165) is 0 Å². The number of nitrogens with zero attached hydrogens (tertiary/aromatic N) is 3. The van der Waals surface area contributed by atoms with Crippen LogP contribution in [0.25, 0.3) is 0 Å². The number of carbonyl (C=O) groups is 2. The Balaban J connectivity index is 2.04. The lowest BCUT2D eigenvalue weighted by molar-refractivity contribution is -0.385. The fraction of sp³-hybridized carbons (Fsp3) is 0.294. The molecule has 0 N–H and O–H groups in total. The van der Waals surface area contributed by atoms with Gasteiger partial charge in [0.25, 0.3) is 11.6 Å². The number of Topliss-reactive ketones (excluding diaryl/α,β-unsaturated/α-hetero) is 1. The largest absolute Gasteiger partial charge is 0.346 e. The summed E-state index contributed by atoms with van der Waals surface area (Å²) in [5.41, 5.74) is 2.06. The van der Waals surface area contributed by atoms with E-state index in [-0.39, 0.29) is 17.4 Å². The maximum atomic E-state index is 12.9. The van der Waals surface area contributed by atoms with E-state index in [1.54, 1.807) is 40.9 Å². The lowest BCUT2D eigenvalue weighted by atomic mass is 9.99. The van der Waals surface area contributed by atoms with E-state index in [4.69, 9.17) is 0 Å². The number of nitro benzene ring substituents is 1. The highest BCUT2D eigenvalue weighted by Gasteiger charge is 2.29. The molecule has 3 rings (SSSR count). The molecule has 0 aliphatic carbocycles. The van der Waals surface area contributed by atoms with Crippen LogP contribution in [0, 0.1) is 10.1 Å². The number of amides is 1. The topological polar surface area (TPSA) is 85.4 Å². The first-order valence-corrected chi connectivity index (χ1v) is 7.65. The van der Waals surface area contributed by atoms with Crippen LogP contribution in [0.2, 0.25) is 0 Å². The van der Waals surface area contributed by atoms with Crippen molar-refractivity contribution in [3.8, 4) is 0 Å². The zero-order valence-corrected chi connectivity index (χ0v) is 13.5. The minimum atomic E-state index is -0.414. The van der Waals surface area contributed by atoms with Crippen molar-refractivity contribution in [3.05, 3.63) is 57.4 Å². The van der Waals surface area contributed by atoms with Crippen LogP contribution in [0.1, 0.15) is 39.8 Å². The molecule has 2 aromatic rings. The highest BCUT2D eigenvalue weighted by Crippen LogP contribution is 2.34. The zero-order chi connectivity index (χ0) is 17.4. The van der Waals surface area contributed by atoms with Crippen LogP contribution in [0.3, 0.4) is 0 Å². The van der Waals surface area contributed by atoms with Crippen molar-refractivity contribution >= 4 is 23.1 Å². The van der Waals surface area contributed by atoms with Crippen LogP contribution in [0.15, 0.2) is 30.5 Å². The standard InChI is InChI=1S/C17H17N3O4/c1-11(21)12-9-16(18(2)10-12)17(22)19-8-4-5-13-14(19)6-3-7-15(13)20(23)24/h3,6-7,9-10H,4-5,8H2,1-2H3. The molecule has 7 nitrogen and oxygen atoms in total. The summed E-state index contributed by atoms with van der Waals surface area (Å²) in [6, 6.07) is 6.35. The van der Waals surface area contributed by atoms with Gasteiger partial charge in [0.2, 0.25) is 0 Å². The van der Waals surface area contributed by atoms with Crippen molar-refractivity contribution in [3.63, 3.8) is 0 Å². The number of carbonyl (C=O) groups excluding carboxylic acids is 2. The van der Waals surface area contributed by atoms with Gasteiger partial charge < -0.3 is 9.47 Å². The third kappa shape index (κ3) is 2.58. The number of ketones is 1. The predicted octanol–water partition coefficient (Wildman–Crippen LogP) is 2.73. The number of fused-ring (bicyclic) bond motifs is 1. The molecular weight excluding hydrogens is 310 g/mol. The molecule has 0 fully saturated rings. The highest BCUT2D eigenvalue weighted by atomic mass is 16.6. The van der Waals surface area contributed by atoms with E-state index in [0.29, 0.717) is 41.9 Å². The number of aromatic nitrogens is 1. The highest BCUT2D eigenvalue weighted by molar-refractivity contribution is 6.07. The first-order valence-electron chi connectivity index (χ1n) is 7.65. The Labute approximate surface area is 138 Å². The quantitative estimate of drug-likeness (QED) is 0.493. The number of nitro groups is 1. The van der Waals surface area contributed by atoms with Gasteiger partial charge in [-0.2, -0.15) is 0 Å². The van der Waals surface area contributed by atoms with Gasteiger partial charge in [-0.1, -0.05) is 6.07 Å². The van der Waals surface area contributed by atoms with Gasteiger partial charge in [0.15, 0.2) is 5.78 Å². The first kappa shape index (κ1) is 15.9. The van der Waals surface area contributed by atoms with Crippen LogP contribution in [-0.2, 0) is 13.5 Å². The molecule has 0 atom stereocenters. The second kappa shape index (κ2) is 5.92. The molecule has 0 bridgehead atoms. The van der Waals surface area contributed by atoms with Gasteiger partial charge in [0.05, 0.1) is 16.2 Å². The SMILES string of the molecule is CC(=O)c1cc(C(=O)N2CCCc3c2cccc3[N+](=O)[O-])n(C)c1. The molecule has 0 saturated carbocycles. The summed E-state index contributed by atoms with van der Waals surface area (Å²) in [5.74, 6) is -0.370. The Kier molecular flexibility index (Phi) is 3.92. The van der Waals surface area contributed by atoms with E-state index in [1.165, 1.54) is 13.0 Å². The van der Waals surface area contributed by atoms with Gasteiger partial charge in [-0.15, -0.1) is 0 Å². The molecule has 1 aromatic carbocycles. The molecule has 0 radical (unpaired) electrons. The Morgan fingerprint density at radius 1 is 1.29 bits per heavy atom. The fourth-order valence-electron chi connectivity index (χ4n) is 3.10. The number of rotatable bonds is 3. The Morgan fingerprint density at radius 2 is 2.04 bits per heavy atom. The molecule has 24 heavy (non-hydrogen) atoms. The molecule has 0 saturated heterocycles. The van der Waals surface area contributed by atoms with E-state index in [2.05, 4.69) is 0 Å². The van der Waals surface area contributed by atoms with E-state index in [1.807, 2.05) is 0 Å². The van der Waals surface area contributed by atoms with Crippen molar-refractivity contribution in [1.29, 1.82) is 0 Å². The van der Waals surface area contributed by atoms with Crippen molar-refractivity contribution in [2.24, 2.45) is 7.05 Å². The first-order chi connectivity index (χ1) is 11.4. The third-order valence-electron chi connectivity index (χ3n) is 4.30. The molecule has 2 heterocycles. The summed E-state index contributed by atoms with van der Waals surface area (Å²) in [7, 11) is 1.71. The molecule has 1 aromatic heterocycles. The van der Waals surface area contributed by atoms with Gasteiger partial charge in [-0.3, -0.25) is 19.7 Å². The van der Waals surface area contributed by atoms with E-state index >= 15 is 0 Å². The number of hydrogen-bond donors (Lipinski definition) is 0. The summed E-state index contributed by atoms with van der Waals surface area (Å²) >= 11 is 0. The smallest absolute Gasteiger partial charge is 0.274 e. The maximum Gasteiger partial charge on any atom is 0.274 e. The van der Waals surface area contributed by atoms with Crippen molar-refractivity contribution in [2.45, 2.75) is 19.8 Å². The predicted molar refractivity (Wildman–Crippen MR) is 88.5 cm³/mol.